The fraction of sp³-hybridized carbons (Fsp3) is 0.333. The molecule has 0 saturated carbocycles. The van der Waals surface area contributed by atoms with Crippen LogP contribution < -0.4 is 5.73 Å². The minimum atomic E-state index is -0.692. The van der Waals surface area contributed by atoms with E-state index in [-0.39, 0.29) is 10.6 Å². The highest BCUT2D eigenvalue weighted by Gasteiger charge is 2.34. The Hall–Kier alpha value is -1.62. The Balaban J connectivity index is 2.28. The molecule has 2 amide bonds. The average molecular weight is 271 g/mol. The zero-order chi connectivity index (χ0) is 13.3. The number of hydrogen-bond donors (Lipinski definition) is 1. The molecule has 1 saturated heterocycles. The summed E-state index contributed by atoms with van der Waals surface area (Å²) in [6, 6.07) is 3.18. The maximum atomic E-state index is 13.6. The third kappa shape index (κ3) is 2.31. The Morgan fingerprint density at radius 2 is 2.17 bits per heavy atom. The van der Waals surface area contributed by atoms with Crippen LogP contribution in [0.2, 0.25) is 5.02 Å². The van der Waals surface area contributed by atoms with Crippen molar-refractivity contribution in [3.63, 3.8) is 0 Å². The van der Waals surface area contributed by atoms with E-state index in [0.29, 0.717) is 19.4 Å². The van der Waals surface area contributed by atoms with Crippen LogP contribution in [0.25, 0.3) is 0 Å². The van der Waals surface area contributed by atoms with Gasteiger partial charge in [-0.3, -0.25) is 9.59 Å². The number of nitrogens with two attached hydrogens (primary N) is 1. The molecule has 1 aromatic rings. The second-order valence-corrected chi connectivity index (χ2v) is 4.62. The fourth-order valence-electron chi connectivity index (χ4n) is 2.12. The van der Waals surface area contributed by atoms with Crippen LogP contribution in [0.1, 0.15) is 23.2 Å². The molecule has 1 aromatic carbocycles. The van der Waals surface area contributed by atoms with Crippen molar-refractivity contribution in [2.45, 2.75) is 18.9 Å². The molecule has 0 unspecified atom stereocenters. The molecule has 0 aliphatic carbocycles. The van der Waals surface area contributed by atoms with Gasteiger partial charge in [-0.05, 0) is 31.0 Å². The Kier molecular flexibility index (Phi) is 3.52. The van der Waals surface area contributed by atoms with Crippen molar-refractivity contribution in [1.29, 1.82) is 0 Å². The standard InChI is InChI=1S/C12H12ClFN2O2/c13-7-3-4-8(9(14)6-7)12(18)16-5-1-2-10(16)11(15)17/h3-4,6,10H,1-2,5H2,(H2,15,17)/t10-/m1/s1. The third-order valence-electron chi connectivity index (χ3n) is 3.00. The molecule has 1 aliphatic rings. The second kappa shape index (κ2) is 4.94. The zero-order valence-electron chi connectivity index (χ0n) is 9.53. The lowest BCUT2D eigenvalue weighted by molar-refractivity contribution is -0.121. The third-order valence-corrected chi connectivity index (χ3v) is 3.24. The van der Waals surface area contributed by atoms with E-state index in [1.165, 1.54) is 17.0 Å². The van der Waals surface area contributed by atoms with Gasteiger partial charge in [0.05, 0.1) is 5.56 Å². The lowest BCUT2D eigenvalue weighted by Crippen LogP contribution is -2.43. The molecule has 0 aromatic heterocycles. The number of benzene rings is 1. The number of hydrogen-bond acceptors (Lipinski definition) is 2. The molecule has 1 aliphatic heterocycles. The molecule has 2 rings (SSSR count). The molecule has 2 N–H and O–H groups in total. The number of carbonyl (C=O) groups is 2. The van der Waals surface area contributed by atoms with E-state index >= 15 is 0 Å². The first kappa shape index (κ1) is 12.8. The fourth-order valence-corrected chi connectivity index (χ4v) is 2.28. The van der Waals surface area contributed by atoms with E-state index in [2.05, 4.69) is 0 Å². The summed E-state index contributed by atoms with van der Waals surface area (Å²) in [5, 5.41) is 0.219. The molecule has 1 fully saturated rings. The van der Waals surface area contributed by atoms with Crippen molar-refractivity contribution < 1.29 is 14.0 Å². The SMILES string of the molecule is NC(=O)[C@H]1CCCN1C(=O)c1ccc(Cl)cc1F. The number of carbonyl (C=O) groups excluding carboxylic acids is 2. The topological polar surface area (TPSA) is 63.4 Å². The summed E-state index contributed by atoms with van der Waals surface area (Å²) in [5.74, 6) is -1.77. The lowest BCUT2D eigenvalue weighted by atomic mass is 10.1. The number of halogens is 2. The van der Waals surface area contributed by atoms with E-state index in [0.717, 1.165) is 6.07 Å². The minimum absolute atomic E-state index is 0.0902. The van der Waals surface area contributed by atoms with Gasteiger partial charge in [-0.1, -0.05) is 11.6 Å². The first-order valence-corrected chi connectivity index (χ1v) is 5.94. The number of rotatable bonds is 2. The van der Waals surface area contributed by atoms with Crippen LogP contribution in [0.4, 0.5) is 4.39 Å². The average Bonchev–Trinajstić information content (AvgIpc) is 2.77. The molecule has 0 radical (unpaired) electrons. The second-order valence-electron chi connectivity index (χ2n) is 4.18. The molecule has 96 valence electrons. The summed E-state index contributed by atoms with van der Waals surface area (Å²) in [5.41, 5.74) is 5.13. The Bertz CT molecular complexity index is 507. The Labute approximate surface area is 109 Å². The van der Waals surface area contributed by atoms with Gasteiger partial charge in [-0.15, -0.1) is 0 Å². The summed E-state index contributed by atoms with van der Waals surface area (Å²) in [6.07, 6.45) is 1.21. The number of amides is 2. The van der Waals surface area contributed by atoms with Gasteiger partial charge >= 0.3 is 0 Å². The maximum absolute atomic E-state index is 13.6. The van der Waals surface area contributed by atoms with Crippen molar-refractivity contribution in [2.75, 3.05) is 6.54 Å². The first-order valence-electron chi connectivity index (χ1n) is 5.56. The number of primary amides is 1. The summed E-state index contributed by atoms with van der Waals surface area (Å²) in [6.45, 7) is 0.411. The van der Waals surface area contributed by atoms with Crippen molar-refractivity contribution >= 4 is 23.4 Å². The van der Waals surface area contributed by atoms with E-state index in [9.17, 15) is 14.0 Å². The van der Waals surface area contributed by atoms with Gasteiger partial charge in [0, 0.05) is 11.6 Å². The largest absolute Gasteiger partial charge is 0.368 e. The van der Waals surface area contributed by atoms with Gasteiger partial charge < -0.3 is 10.6 Å². The van der Waals surface area contributed by atoms with Gasteiger partial charge in [-0.2, -0.15) is 0 Å². The molecule has 6 heteroatoms. The van der Waals surface area contributed by atoms with Crippen LogP contribution in [0.15, 0.2) is 18.2 Å². The highest BCUT2D eigenvalue weighted by molar-refractivity contribution is 6.30. The predicted molar refractivity (Wildman–Crippen MR) is 64.7 cm³/mol. The summed E-state index contributed by atoms with van der Waals surface area (Å²) in [4.78, 5) is 24.6. The monoisotopic (exact) mass is 270 g/mol. The van der Waals surface area contributed by atoms with Crippen molar-refractivity contribution in [1.82, 2.24) is 4.90 Å². The summed E-state index contributed by atoms with van der Waals surface area (Å²) < 4.78 is 13.6. The van der Waals surface area contributed by atoms with Crippen molar-refractivity contribution in [3.8, 4) is 0 Å². The highest BCUT2D eigenvalue weighted by atomic mass is 35.5. The quantitative estimate of drug-likeness (QED) is 0.887. The Morgan fingerprint density at radius 3 is 2.78 bits per heavy atom. The van der Waals surface area contributed by atoms with Crippen LogP contribution in [0, 0.1) is 5.82 Å². The molecule has 1 heterocycles. The predicted octanol–water partition coefficient (Wildman–Crippen LogP) is 1.57. The van der Waals surface area contributed by atoms with Gasteiger partial charge in [0.1, 0.15) is 11.9 Å². The molecular formula is C12H12ClFN2O2. The van der Waals surface area contributed by atoms with E-state index in [4.69, 9.17) is 17.3 Å². The molecular weight excluding hydrogens is 259 g/mol. The van der Waals surface area contributed by atoms with Crippen LogP contribution >= 0.6 is 11.6 Å². The molecule has 18 heavy (non-hydrogen) atoms. The maximum Gasteiger partial charge on any atom is 0.257 e. The lowest BCUT2D eigenvalue weighted by Gasteiger charge is -2.22. The van der Waals surface area contributed by atoms with Gasteiger partial charge in [0.2, 0.25) is 5.91 Å². The van der Waals surface area contributed by atoms with Crippen LogP contribution in [-0.2, 0) is 4.79 Å². The molecule has 1 atom stereocenters. The van der Waals surface area contributed by atoms with E-state index < -0.39 is 23.7 Å². The number of likely N-dealkylation sites (tertiary alicyclic amines) is 1. The molecule has 0 spiro atoms. The first-order chi connectivity index (χ1) is 8.50. The van der Waals surface area contributed by atoms with Crippen LogP contribution in [0.5, 0.6) is 0 Å². The van der Waals surface area contributed by atoms with E-state index in [1.54, 1.807) is 0 Å². The zero-order valence-corrected chi connectivity index (χ0v) is 10.3. The van der Waals surface area contributed by atoms with E-state index in [1.807, 2.05) is 0 Å². The van der Waals surface area contributed by atoms with Crippen LogP contribution in [0.3, 0.4) is 0 Å². The van der Waals surface area contributed by atoms with Gasteiger partial charge in [-0.25, -0.2) is 4.39 Å². The number of nitrogens with zero attached hydrogens (tertiary/aromatic N) is 1. The minimum Gasteiger partial charge on any atom is -0.368 e. The highest BCUT2D eigenvalue weighted by Crippen LogP contribution is 2.22. The molecule has 4 nitrogen and oxygen atoms in total. The summed E-state index contributed by atoms with van der Waals surface area (Å²) >= 11 is 5.62. The normalized spacial score (nSPS) is 19.0. The van der Waals surface area contributed by atoms with Gasteiger partial charge in [0.25, 0.3) is 5.91 Å². The Morgan fingerprint density at radius 1 is 1.44 bits per heavy atom. The smallest absolute Gasteiger partial charge is 0.257 e. The van der Waals surface area contributed by atoms with Crippen molar-refractivity contribution in [2.24, 2.45) is 5.73 Å². The van der Waals surface area contributed by atoms with Crippen LogP contribution in [-0.4, -0.2) is 29.3 Å². The van der Waals surface area contributed by atoms with Crippen molar-refractivity contribution in [3.05, 3.63) is 34.6 Å². The molecule has 0 bridgehead atoms. The summed E-state index contributed by atoms with van der Waals surface area (Å²) in [7, 11) is 0. The van der Waals surface area contributed by atoms with Gasteiger partial charge in [0.15, 0.2) is 0 Å².